The van der Waals surface area contributed by atoms with E-state index in [1.807, 2.05) is 4.90 Å². The van der Waals surface area contributed by atoms with Crippen LogP contribution in [-0.2, 0) is 0 Å². The lowest BCUT2D eigenvalue weighted by Crippen LogP contribution is -2.50. The van der Waals surface area contributed by atoms with Crippen molar-refractivity contribution in [3.8, 4) is 0 Å². The average molecular weight is 318 g/mol. The van der Waals surface area contributed by atoms with E-state index in [9.17, 15) is 9.59 Å². The molecule has 0 bridgehead atoms. The highest BCUT2D eigenvalue weighted by atomic mass is 16.2. The molecule has 1 aromatic rings. The lowest BCUT2D eigenvalue weighted by Gasteiger charge is -2.33. The molecule has 1 aliphatic heterocycles. The van der Waals surface area contributed by atoms with Crippen LogP contribution >= 0.6 is 0 Å². The third-order valence-corrected chi connectivity index (χ3v) is 3.78. The Labute approximate surface area is 137 Å². The average Bonchev–Trinajstić information content (AvgIpc) is 2.53. The van der Waals surface area contributed by atoms with Gasteiger partial charge in [-0.2, -0.15) is 0 Å². The second-order valence-corrected chi connectivity index (χ2v) is 7.17. The maximum atomic E-state index is 12.1. The largest absolute Gasteiger partial charge is 0.348 e. The predicted octanol–water partition coefficient (Wildman–Crippen LogP) is 2.03. The van der Waals surface area contributed by atoms with Gasteiger partial charge in [0.15, 0.2) is 0 Å². The van der Waals surface area contributed by atoms with Crippen molar-refractivity contribution in [1.82, 2.24) is 20.5 Å². The number of hydrogen-bond donors (Lipinski definition) is 2. The maximum Gasteiger partial charge on any atom is 0.317 e. The molecule has 3 amide bonds. The molecule has 0 radical (unpaired) electrons. The number of pyridine rings is 1. The zero-order chi connectivity index (χ0) is 16.9. The van der Waals surface area contributed by atoms with E-state index in [1.54, 1.807) is 24.4 Å². The van der Waals surface area contributed by atoms with Gasteiger partial charge in [-0.25, -0.2) is 4.79 Å². The summed E-state index contributed by atoms with van der Waals surface area (Å²) < 4.78 is 0. The molecule has 0 spiro atoms. The first kappa shape index (κ1) is 17.2. The lowest BCUT2D eigenvalue weighted by atomic mass is 9.97. The van der Waals surface area contributed by atoms with Crippen LogP contribution in [0.15, 0.2) is 24.4 Å². The van der Waals surface area contributed by atoms with E-state index >= 15 is 0 Å². The smallest absolute Gasteiger partial charge is 0.317 e. The minimum Gasteiger partial charge on any atom is -0.348 e. The molecule has 1 saturated heterocycles. The van der Waals surface area contributed by atoms with E-state index < -0.39 is 0 Å². The van der Waals surface area contributed by atoms with Crippen LogP contribution in [0.1, 0.15) is 44.1 Å². The zero-order valence-electron chi connectivity index (χ0n) is 14.1. The van der Waals surface area contributed by atoms with E-state index in [0.717, 1.165) is 12.8 Å². The molecule has 23 heavy (non-hydrogen) atoms. The summed E-state index contributed by atoms with van der Waals surface area (Å²) in [6.07, 6.45) is 3.14. The number of amides is 3. The van der Waals surface area contributed by atoms with Gasteiger partial charge in [0.1, 0.15) is 5.69 Å². The summed E-state index contributed by atoms with van der Waals surface area (Å²) in [4.78, 5) is 30.0. The summed E-state index contributed by atoms with van der Waals surface area (Å²) in [6, 6.07) is 5.35. The maximum absolute atomic E-state index is 12.1. The fourth-order valence-electron chi connectivity index (χ4n) is 2.44. The summed E-state index contributed by atoms with van der Waals surface area (Å²) in [6.45, 7) is 8.24. The number of carbonyl (C=O) groups is 2. The first-order chi connectivity index (χ1) is 10.8. The van der Waals surface area contributed by atoms with Crippen LogP contribution in [0.5, 0.6) is 0 Å². The van der Waals surface area contributed by atoms with Crippen LogP contribution in [0.4, 0.5) is 4.79 Å². The highest BCUT2D eigenvalue weighted by Gasteiger charge is 2.25. The summed E-state index contributed by atoms with van der Waals surface area (Å²) in [5.74, 6) is -0.152. The van der Waals surface area contributed by atoms with Crippen molar-refractivity contribution in [1.29, 1.82) is 0 Å². The molecule has 0 aliphatic carbocycles. The van der Waals surface area contributed by atoms with Crippen molar-refractivity contribution in [3.63, 3.8) is 0 Å². The molecule has 2 rings (SSSR count). The summed E-state index contributed by atoms with van der Waals surface area (Å²) in [5, 5.41) is 5.95. The van der Waals surface area contributed by atoms with Crippen molar-refractivity contribution < 1.29 is 9.59 Å². The van der Waals surface area contributed by atoms with Crippen LogP contribution in [0.3, 0.4) is 0 Å². The second-order valence-electron chi connectivity index (χ2n) is 7.17. The van der Waals surface area contributed by atoms with E-state index in [0.29, 0.717) is 25.3 Å². The van der Waals surface area contributed by atoms with E-state index in [1.165, 1.54) is 0 Å². The Bertz CT molecular complexity index is 531. The fraction of sp³-hybridized carbons (Fsp3) is 0.588. The number of urea groups is 1. The van der Waals surface area contributed by atoms with Gasteiger partial charge in [0.2, 0.25) is 0 Å². The van der Waals surface area contributed by atoms with E-state index in [4.69, 9.17) is 0 Å². The highest BCUT2D eigenvalue weighted by Crippen LogP contribution is 2.13. The number of aromatic nitrogens is 1. The van der Waals surface area contributed by atoms with Crippen LogP contribution in [0.2, 0.25) is 0 Å². The Morgan fingerprint density at radius 3 is 2.52 bits per heavy atom. The van der Waals surface area contributed by atoms with Crippen LogP contribution in [0, 0.1) is 5.41 Å². The van der Waals surface area contributed by atoms with Gasteiger partial charge >= 0.3 is 6.03 Å². The van der Waals surface area contributed by atoms with Crippen molar-refractivity contribution in [2.45, 2.75) is 39.7 Å². The van der Waals surface area contributed by atoms with Gasteiger partial charge in [-0.05, 0) is 30.4 Å². The van der Waals surface area contributed by atoms with Crippen molar-refractivity contribution in [2.24, 2.45) is 5.41 Å². The SMILES string of the molecule is CC(C)(C)CNC(=O)N1CCC(NC(=O)c2ccccn2)CC1. The number of likely N-dealkylation sites (tertiary alicyclic amines) is 1. The Kier molecular flexibility index (Phi) is 5.58. The summed E-state index contributed by atoms with van der Waals surface area (Å²) in [7, 11) is 0. The monoisotopic (exact) mass is 318 g/mol. The predicted molar refractivity (Wildman–Crippen MR) is 89.2 cm³/mol. The molecule has 1 aliphatic rings. The number of carbonyl (C=O) groups excluding carboxylic acids is 2. The van der Waals surface area contributed by atoms with Gasteiger partial charge in [-0.1, -0.05) is 26.8 Å². The highest BCUT2D eigenvalue weighted by molar-refractivity contribution is 5.92. The number of nitrogens with one attached hydrogen (secondary N) is 2. The van der Waals surface area contributed by atoms with E-state index in [2.05, 4.69) is 36.4 Å². The third kappa shape index (κ3) is 5.54. The number of rotatable bonds is 3. The zero-order valence-corrected chi connectivity index (χ0v) is 14.1. The Hall–Kier alpha value is -2.11. The summed E-state index contributed by atoms with van der Waals surface area (Å²) in [5.41, 5.74) is 0.503. The van der Waals surface area contributed by atoms with E-state index in [-0.39, 0.29) is 23.4 Å². The minimum absolute atomic E-state index is 0.0190. The first-order valence-corrected chi connectivity index (χ1v) is 8.10. The molecule has 0 aromatic carbocycles. The molecule has 6 nitrogen and oxygen atoms in total. The molecule has 0 unspecified atom stereocenters. The molecule has 0 atom stereocenters. The normalized spacial score (nSPS) is 16.0. The molecule has 0 saturated carbocycles. The summed E-state index contributed by atoms with van der Waals surface area (Å²) >= 11 is 0. The Morgan fingerprint density at radius 2 is 1.96 bits per heavy atom. The standard InChI is InChI=1S/C17H26N4O2/c1-17(2,3)12-19-16(23)21-10-7-13(8-11-21)20-15(22)14-6-4-5-9-18-14/h4-6,9,13H,7-8,10-12H2,1-3H3,(H,19,23)(H,20,22). The lowest BCUT2D eigenvalue weighted by molar-refractivity contribution is 0.0912. The van der Waals surface area contributed by atoms with Crippen LogP contribution in [0.25, 0.3) is 0 Å². The van der Waals surface area contributed by atoms with Gasteiger partial charge in [0.05, 0.1) is 0 Å². The molecule has 6 heteroatoms. The van der Waals surface area contributed by atoms with Gasteiger partial charge in [-0.3, -0.25) is 9.78 Å². The number of nitrogens with zero attached hydrogens (tertiary/aromatic N) is 2. The van der Waals surface area contributed by atoms with Crippen molar-refractivity contribution in [2.75, 3.05) is 19.6 Å². The topological polar surface area (TPSA) is 74.3 Å². The molecule has 2 heterocycles. The van der Waals surface area contributed by atoms with Crippen molar-refractivity contribution >= 4 is 11.9 Å². The van der Waals surface area contributed by atoms with Crippen LogP contribution in [-0.4, -0.2) is 47.5 Å². The number of hydrogen-bond acceptors (Lipinski definition) is 3. The van der Waals surface area contributed by atoms with Gasteiger partial charge in [0.25, 0.3) is 5.91 Å². The quantitative estimate of drug-likeness (QED) is 0.895. The van der Waals surface area contributed by atoms with Crippen LogP contribution < -0.4 is 10.6 Å². The molecular weight excluding hydrogens is 292 g/mol. The van der Waals surface area contributed by atoms with Gasteiger partial charge in [0, 0.05) is 31.9 Å². The molecule has 1 fully saturated rings. The van der Waals surface area contributed by atoms with Gasteiger partial charge in [-0.15, -0.1) is 0 Å². The molecule has 2 N–H and O–H groups in total. The number of piperidine rings is 1. The molecule has 1 aromatic heterocycles. The Balaban J connectivity index is 1.75. The fourth-order valence-corrected chi connectivity index (χ4v) is 2.44. The third-order valence-electron chi connectivity index (χ3n) is 3.78. The second kappa shape index (κ2) is 7.44. The van der Waals surface area contributed by atoms with Gasteiger partial charge < -0.3 is 15.5 Å². The molecule has 126 valence electrons. The molecular formula is C17H26N4O2. The minimum atomic E-state index is -0.152. The Morgan fingerprint density at radius 1 is 1.26 bits per heavy atom. The first-order valence-electron chi connectivity index (χ1n) is 8.10. The van der Waals surface area contributed by atoms with Crippen molar-refractivity contribution in [3.05, 3.63) is 30.1 Å².